The number of benzene rings is 1. The second kappa shape index (κ2) is 6.21. The van der Waals surface area contributed by atoms with Crippen molar-refractivity contribution in [1.29, 1.82) is 0 Å². The van der Waals surface area contributed by atoms with Crippen molar-refractivity contribution in [3.63, 3.8) is 0 Å². The molecule has 0 spiro atoms. The zero-order chi connectivity index (χ0) is 13.0. The van der Waals surface area contributed by atoms with E-state index in [0.717, 1.165) is 19.0 Å². The first-order chi connectivity index (χ1) is 8.68. The highest BCUT2D eigenvalue weighted by Crippen LogP contribution is 2.43. The predicted molar refractivity (Wildman–Crippen MR) is 82.0 cm³/mol. The van der Waals surface area contributed by atoms with Crippen LogP contribution in [-0.4, -0.2) is 13.1 Å². The predicted octanol–water partition coefficient (Wildman–Crippen LogP) is 4.51. The number of hydrogen-bond donors (Lipinski definition) is 1. The summed E-state index contributed by atoms with van der Waals surface area (Å²) in [5.41, 5.74) is 1.83. The third-order valence-electron chi connectivity index (χ3n) is 4.39. The molecule has 0 unspecified atom stereocenters. The van der Waals surface area contributed by atoms with Gasteiger partial charge in [-0.2, -0.15) is 0 Å². The molecule has 1 nitrogen and oxygen atoms in total. The molecule has 1 aliphatic rings. The van der Waals surface area contributed by atoms with Crippen LogP contribution in [0.15, 0.2) is 28.7 Å². The average molecular weight is 310 g/mol. The molecule has 0 heterocycles. The van der Waals surface area contributed by atoms with Gasteiger partial charge in [-0.05, 0) is 49.8 Å². The Labute approximate surface area is 119 Å². The first-order valence-electron chi connectivity index (χ1n) is 7.14. The van der Waals surface area contributed by atoms with Crippen molar-refractivity contribution in [1.82, 2.24) is 5.32 Å². The molecule has 0 atom stereocenters. The quantitative estimate of drug-likeness (QED) is 0.863. The third-order valence-corrected chi connectivity index (χ3v) is 5.08. The molecule has 0 amide bonds. The molecule has 1 aromatic rings. The van der Waals surface area contributed by atoms with Gasteiger partial charge in [0.05, 0.1) is 0 Å². The zero-order valence-corrected chi connectivity index (χ0v) is 13.1. The molecule has 1 aromatic carbocycles. The Kier molecular flexibility index (Phi) is 4.85. The SMILES string of the molecule is CCNCC1(c2ccccc2Br)CCC(C)CC1. The molecule has 1 fully saturated rings. The van der Waals surface area contributed by atoms with Crippen molar-refractivity contribution >= 4 is 15.9 Å². The topological polar surface area (TPSA) is 12.0 Å². The highest BCUT2D eigenvalue weighted by molar-refractivity contribution is 9.10. The summed E-state index contributed by atoms with van der Waals surface area (Å²) in [6.45, 7) is 6.75. The summed E-state index contributed by atoms with van der Waals surface area (Å²) in [7, 11) is 0. The van der Waals surface area contributed by atoms with Crippen molar-refractivity contribution in [3.05, 3.63) is 34.3 Å². The van der Waals surface area contributed by atoms with Crippen LogP contribution in [0.25, 0.3) is 0 Å². The van der Waals surface area contributed by atoms with Crippen LogP contribution in [0.5, 0.6) is 0 Å². The third kappa shape index (κ3) is 2.97. The molecule has 0 radical (unpaired) electrons. The maximum atomic E-state index is 3.75. The van der Waals surface area contributed by atoms with Crippen LogP contribution < -0.4 is 5.32 Å². The van der Waals surface area contributed by atoms with Gasteiger partial charge < -0.3 is 5.32 Å². The van der Waals surface area contributed by atoms with Gasteiger partial charge in [-0.3, -0.25) is 0 Å². The molecular formula is C16H24BrN. The highest BCUT2D eigenvalue weighted by atomic mass is 79.9. The van der Waals surface area contributed by atoms with Gasteiger partial charge in [0.25, 0.3) is 0 Å². The van der Waals surface area contributed by atoms with Crippen molar-refractivity contribution < 1.29 is 0 Å². The van der Waals surface area contributed by atoms with Crippen LogP contribution in [0.1, 0.15) is 45.1 Å². The molecule has 1 N–H and O–H groups in total. The van der Waals surface area contributed by atoms with Crippen LogP contribution in [-0.2, 0) is 5.41 Å². The number of likely N-dealkylation sites (N-methyl/N-ethyl adjacent to an activating group) is 1. The largest absolute Gasteiger partial charge is 0.316 e. The molecule has 2 rings (SSSR count). The van der Waals surface area contributed by atoms with Crippen LogP contribution in [0.2, 0.25) is 0 Å². The van der Waals surface area contributed by atoms with E-state index in [4.69, 9.17) is 0 Å². The summed E-state index contributed by atoms with van der Waals surface area (Å²) in [4.78, 5) is 0. The molecule has 1 aliphatic carbocycles. The van der Waals surface area contributed by atoms with Crippen molar-refractivity contribution in [2.45, 2.75) is 44.9 Å². The first kappa shape index (κ1) is 14.1. The zero-order valence-electron chi connectivity index (χ0n) is 11.5. The average Bonchev–Trinajstić information content (AvgIpc) is 2.39. The van der Waals surface area contributed by atoms with Crippen LogP contribution in [0.4, 0.5) is 0 Å². The fourth-order valence-corrected chi connectivity index (χ4v) is 3.82. The minimum atomic E-state index is 0.336. The van der Waals surface area contributed by atoms with Gasteiger partial charge >= 0.3 is 0 Å². The smallest absolute Gasteiger partial charge is 0.0213 e. The molecule has 0 saturated heterocycles. The van der Waals surface area contributed by atoms with E-state index in [-0.39, 0.29) is 0 Å². The minimum Gasteiger partial charge on any atom is -0.316 e. The Morgan fingerprint density at radius 2 is 1.94 bits per heavy atom. The van der Waals surface area contributed by atoms with E-state index >= 15 is 0 Å². The van der Waals surface area contributed by atoms with E-state index in [1.54, 1.807) is 0 Å². The summed E-state index contributed by atoms with van der Waals surface area (Å²) in [5.74, 6) is 0.891. The van der Waals surface area contributed by atoms with E-state index in [1.165, 1.54) is 35.7 Å². The lowest BCUT2D eigenvalue weighted by Gasteiger charge is -2.41. The van der Waals surface area contributed by atoms with Gasteiger partial charge in [-0.1, -0.05) is 48.0 Å². The first-order valence-corrected chi connectivity index (χ1v) is 7.93. The van der Waals surface area contributed by atoms with Crippen LogP contribution >= 0.6 is 15.9 Å². The van der Waals surface area contributed by atoms with Gasteiger partial charge in [0.2, 0.25) is 0 Å². The van der Waals surface area contributed by atoms with E-state index < -0.39 is 0 Å². The minimum absolute atomic E-state index is 0.336. The number of rotatable bonds is 4. The van der Waals surface area contributed by atoms with Gasteiger partial charge in [-0.15, -0.1) is 0 Å². The maximum Gasteiger partial charge on any atom is 0.0213 e. The Bertz CT molecular complexity index is 375. The lowest BCUT2D eigenvalue weighted by atomic mass is 9.67. The molecule has 100 valence electrons. The number of halogens is 1. The molecule has 0 bridgehead atoms. The number of nitrogens with one attached hydrogen (secondary N) is 1. The fraction of sp³-hybridized carbons (Fsp3) is 0.625. The molecule has 0 aromatic heterocycles. The van der Waals surface area contributed by atoms with E-state index in [2.05, 4.69) is 59.4 Å². The van der Waals surface area contributed by atoms with Crippen LogP contribution in [0, 0.1) is 5.92 Å². The van der Waals surface area contributed by atoms with E-state index in [1.807, 2.05) is 0 Å². The summed E-state index contributed by atoms with van der Waals surface area (Å²) >= 11 is 3.75. The van der Waals surface area contributed by atoms with Crippen molar-refractivity contribution in [3.8, 4) is 0 Å². The lowest BCUT2D eigenvalue weighted by molar-refractivity contribution is 0.234. The van der Waals surface area contributed by atoms with Crippen LogP contribution in [0.3, 0.4) is 0 Å². The van der Waals surface area contributed by atoms with Gasteiger partial charge in [0, 0.05) is 16.4 Å². The second-order valence-electron chi connectivity index (χ2n) is 5.72. The monoisotopic (exact) mass is 309 g/mol. The fourth-order valence-electron chi connectivity index (χ4n) is 3.11. The van der Waals surface area contributed by atoms with E-state index in [9.17, 15) is 0 Å². The van der Waals surface area contributed by atoms with E-state index in [0.29, 0.717) is 5.41 Å². The van der Waals surface area contributed by atoms with Gasteiger partial charge in [0.15, 0.2) is 0 Å². The Morgan fingerprint density at radius 1 is 1.28 bits per heavy atom. The molecule has 0 aliphatic heterocycles. The Morgan fingerprint density at radius 3 is 2.56 bits per heavy atom. The standard InChI is InChI=1S/C16H24BrN/c1-3-18-12-16(10-8-13(2)9-11-16)14-6-4-5-7-15(14)17/h4-7,13,18H,3,8-12H2,1-2H3. The molecular weight excluding hydrogens is 286 g/mol. The van der Waals surface area contributed by atoms with Gasteiger partial charge in [0.1, 0.15) is 0 Å². The summed E-state index contributed by atoms with van der Waals surface area (Å²) in [6, 6.07) is 8.77. The van der Waals surface area contributed by atoms with Crippen molar-refractivity contribution in [2.75, 3.05) is 13.1 Å². The normalized spacial score (nSPS) is 28.3. The molecule has 1 saturated carbocycles. The number of hydrogen-bond acceptors (Lipinski definition) is 1. The van der Waals surface area contributed by atoms with Crippen molar-refractivity contribution in [2.24, 2.45) is 5.92 Å². The Hall–Kier alpha value is -0.340. The summed E-state index contributed by atoms with van der Waals surface area (Å²) < 4.78 is 1.28. The van der Waals surface area contributed by atoms with Gasteiger partial charge in [-0.25, -0.2) is 0 Å². The molecule has 2 heteroatoms. The Balaban J connectivity index is 2.27. The molecule has 18 heavy (non-hydrogen) atoms. The summed E-state index contributed by atoms with van der Waals surface area (Å²) in [5, 5.41) is 3.58. The second-order valence-corrected chi connectivity index (χ2v) is 6.58. The maximum absolute atomic E-state index is 3.75. The highest BCUT2D eigenvalue weighted by Gasteiger charge is 2.36. The summed E-state index contributed by atoms with van der Waals surface area (Å²) in [6.07, 6.45) is 5.33. The lowest BCUT2D eigenvalue weighted by Crippen LogP contribution is -2.41.